The smallest absolute Gasteiger partial charge is 0.194 e. The van der Waals surface area contributed by atoms with Gasteiger partial charge in [-0.15, -0.1) is 0 Å². The van der Waals surface area contributed by atoms with Gasteiger partial charge in [-0.25, -0.2) is 0 Å². The summed E-state index contributed by atoms with van der Waals surface area (Å²) >= 11 is 0. The third-order valence-electron chi connectivity index (χ3n) is 4.50. The van der Waals surface area contributed by atoms with Crippen LogP contribution in [-0.4, -0.2) is 36.0 Å². The van der Waals surface area contributed by atoms with Crippen LogP contribution in [0, 0.1) is 0 Å². The SMILES string of the molecule is FC(F)(F)C(F)(F)C(F)(F)/C(=C(/c1ccccc1)C(F)(F)C(F)(F)C(F)(F)F)c1ccccc1. The molecular formula is C20H10F14. The summed E-state index contributed by atoms with van der Waals surface area (Å²) in [6, 6.07) is 5.76. The van der Waals surface area contributed by atoms with Gasteiger partial charge in [-0.3, -0.25) is 0 Å². The van der Waals surface area contributed by atoms with Crippen LogP contribution in [0.15, 0.2) is 60.7 Å². The first kappa shape index (κ1) is 27.4. The van der Waals surface area contributed by atoms with Gasteiger partial charge in [0.2, 0.25) is 0 Å². The first-order valence-corrected chi connectivity index (χ1v) is 8.72. The van der Waals surface area contributed by atoms with Crippen LogP contribution in [0.3, 0.4) is 0 Å². The van der Waals surface area contributed by atoms with Crippen molar-refractivity contribution in [2.75, 3.05) is 0 Å². The standard InChI is InChI=1S/C20H10F14/c21-15(22,17(25,26)19(29,30)31)13(11-7-3-1-4-8-11)14(12-9-5-2-6-10-12)16(23,24)18(27,28)20(32,33)34/h1-10H/b14-13-. The van der Waals surface area contributed by atoms with Crippen LogP contribution in [0.5, 0.6) is 0 Å². The number of alkyl halides is 14. The maximum atomic E-state index is 14.8. The highest BCUT2D eigenvalue weighted by Crippen LogP contribution is 2.59. The highest BCUT2D eigenvalue weighted by molar-refractivity contribution is 5.97. The van der Waals surface area contributed by atoms with Gasteiger partial charge in [0.05, 0.1) is 0 Å². The fourth-order valence-electron chi connectivity index (χ4n) is 2.84. The van der Waals surface area contributed by atoms with Gasteiger partial charge in [0.25, 0.3) is 0 Å². The first-order chi connectivity index (χ1) is 15.2. The van der Waals surface area contributed by atoms with Crippen molar-refractivity contribution in [1.29, 1.82) is 0 Å². The summed E-state index contributed by atoms with van der Waals surface area (Å²) in [5.74, 6) is -27.8. The molecule has 0 aromatic heterocycles. The van der Waals surface area contributed by atoms with Gasteiger partial charge in [0, 0.05) is 11.1 Å². The zero-order valence-corrected chi connectivity index (χ0v) is 16.1. The van der Waals surface area contributed by atoms with E-state index in [9.17, 15) is 61.5 Å². The minimum absolute atomic E-state index is 0.278. The maximum absolute atomic E-state index is 14.8. The van der Waals surface area contributed by atoms with E-state index in [1.165, 1.54) is 0 Å². The predicted octanol–water partition coefficient (Wildman–Crippen LogP) is 8.26. The molecule has 0 atom stereocenters. The molecule has 0 amide bonds. The molecule has 2 aromatic carbocycles. The van der Waals surface area contributed by atoms with Gasteiger partial charge in [-0.1, -0.05) is 60.7 Å². The maximum Gasteiger partial charge on any atom is 0.460 e. The first-order valence-electron chi connectivity index (χ1n) is 8.72. The van der Waals surface area contributed by atoms with Gasteiger partial charge in [-0.2, -0.15) is 61.5 Å². The summed E-state index contributed by atoms with van der Waals surface area (Å²) in [6.45, 7) is 0. The van der Waals surface area contributed by atoms with E-state index in [0.29, 0.717) is 24.3 Å². The molecule has 0 heterocycles. The van der Waals surface area contributed by atoms with Crippen molar-refractivity contribution in [1.82, 2.24) is 0 Å². The van der Waals surface area contributed by atoms with Crippen LogP contribution in [0.25, 0.3) is 11.1 Å². The molecule has 0 aliphatic rings. The lowest BCUT2D eigenvalue weighted by Crippen LogP contribution is -2.55. The lowest BCUT2D eigenvalue weighted by Gasteiger charge is -2.36. The Kier molecular flexibility index (Phi) is 6.82. The van der Waals surface area contributed by atoms with Gasteiger partial charge < -0.3 is 0 Å². The molecule has 0 N–H and O–H groups in total. The Morgan fingerprint density at radius 1 is 0.382 bits per heavy atom. The lowest BCUT2D eigenvalue weighted by molar-refractivity contribution is -0.342. The topological polar surface area (TPSA) is 0 Å². The Morgan fingerprint density at radius 2 is 0.618 bits per heavy atom. The van der Waals surface area contributed by atoms with E-state index in [4.69, 9.17) is 0 Å². The van der Waals surface area contributed by atoms with Crippen molar-refractivity contribution in [3.05, 3.63) is 71.8 Å². The minimum Gasteiger partial charge on any atom is -0.194 e. The highest BCUT2D eigenvalue weighted by Gasteiger charge is 2.78. The van der Waals surface area contributed by atoms with Gasteiger partial charge >= 0.3 is 36.0 Å². The Labute approximate surface area is 181 Å². The normalized spacial score (nSPS) is 15.2. The summed E-state index contributed by atoms with van der Waals surface area (Å²) in [7, 11) is 0. The molecule has 0 saturated heterocycles. The fraction of sp³-hybridized carbons (Fsp3) is 0.300. The summed E-state index contributed by atoms with van der Waals surface area (Å²) in [5, 5.41) is 0. The molecule has 2 rings (SSSR count). The average molecular weight is 516 g/mol. The van der Waals surface area contributed by atoms with E-state index in [-0.39, 0.29) is 24.3 Å². The highest BCUT2D eigenvalue weighted by atomic mass is 19.4. The third-order valence-corrected chi connectivity index (χ3v) is 4.50. The molecule has 14 heteroatoms. The number of rotatable bonds is 6. The van der Waals surface area contributed by atoms with Crippen molar-refractivity contribution in [3.8, 4) is 0 Å². The molecule has 0 saturated carbocycles. The van der Waals surface area contributed by atoms with Crippen LogP contribution >= 0.6 is 0 Å². The predicted molar refractivity (Wildman–Crippen MR) is 91.6 cm³/mol. The number of hydrogen-bond donors (Lipinski definition) is 0. The van der Waals surface area contributed by atoms with E-state index in [0.717, 1.165) is 12.1 Å². The van der Waals surface area contributed by atoms with Gasteiger partial charge in [0.1, 0.15) is 0 Å². The van der Waals surface area contributed by atoms with Crippen molar-refractivity contribution < 1.29 is 61.5 Å². The molecule has 0 nitrogen and oxygen atoms in total. The average Bonchev–Trinajstić information content (AvgIpc) is 2.70. The van der Waals surface area contributed by atoms with Crippen molar-refractivity contribution in [3.63, 3.8) is 0 Å². The summed E-state index contributed by atoms with van der Waals surface area (Å²) in [4.78, 5) is 0. The van der Waals surface area contributed by atoms with Gasteiger partial charge in [0.15, 0.2) is 0 Å². The summed E-state index contributed by atoms with van der Waals surface area (Å²) < 4.78 is 192. The van der Waals surface area contributed by atoms with E-state index in [1.54, 1.807) is 0 Å². The number of benzene rings is 2. The van der Waals surface area contributed by atoms with Crippen LogP contribution in [0.2, 0.25) is 0 Å². The zero-order valence-electron chi connectivity index (χ0n) is 16.1. The number of halogens is 14. The second kappa shape index (κ2) is 8.45. The molecule has 2 aromatic rings. The molecule has 0 radical (unpaired) electrons. The van der Waals surface area contributed by atoms with E-state index >= 15 is 0 Å². The van der Waals surface area contributed by atoms with Gasteiger partial charge in [-0.05, 0) is 11.1 Å². The zero-order chi connectivity index (χ0) is 26.4. The Hall–Kier alpha value is -2.80. The summed E-state index contributed by atoms with van der Waals surface area (Å²) in [6.07, 6.45) is -14.2. The molecular weight excluding hydrogens is 506 g/mol. The van der Waals surface area contributed by atoms with Crippen LogP contribution in [0.4, 0.5) is 61.5 Å². The molecule has 0 unspecified atom stereocenters. The molecule has 0 spiro atoms. The third kappa shape index (κ3) is 4.33. The lowest BCUT2D eigenvalue weighted by atomic mass is 9.82. The van der Waals surface area contributed by atoms with E-state index < -0.39 is 58.3 Å². The monoisotopic (exact) mass is 516 g/mol. The fourth-order valence-corrected chi connectivity index (χ4v) is 2.84. The van der Waals surface area contributed by atoms with E-state index in [1.807, 2.05) is 0 Å². The second-order valence-corrected chi connectivity index (χ2v) is 6.78. The molecule has 0 fully saturated rings. The second-order valence-electron chi connectivity index (χ2n) is 6.78. The van der Waals surface area contributed by atoms with Crippen molar-refractivity contribution in [2.45, 2.75) is 36.0 Å². The quantitative estimate of drug-likeness (QED) is 0.268. The number of allylic oxidation sites excluding steroid dienone is 2. The Bertz CT molecular complexity index is 931. The van der Waals surface area contributed by atoms with E-state index in [2.05, 4.69) is 0 Å². The number of hydrogen-bond acceptors (Lipinski definition) is 0. The molecule has 0 aliphatic heterocycles. The molecule has 34 heavy (non-hydrogen) atoms. The molecule has 0 aliphatic carbocycles. The molecule has 188 valence electrons. The van der Waals surface area contributed by atoms with Crippen LogP contribution in [-0.2, 0) is 0 Å². The Balaban J connectivity index is 3.18. The van der Waals surface area contributed by atoms with Crippen LogP contribution < -0.4 is 0 Å². The Morgan fingerprint density at radius 3 is 0.824 bits per heavy atom. The van der Waals surface area contributed by atoms with Crippen molar-refractivity contribution in [2.24, 2.45) is 0 Å². The largest absolute Gasteiger partial charge is 0.460 e. The van der Waals surface area contributed by atoms with Crippen molar-refractivity contribution >= 4 is 11.1 Å². The van der Waals surface area contributed by atoms with Crippen LogP contribution in [0.1, 0.15) is 11.1 Å². The minimum atomic E-state index is -7.16. The molecule has 0 bridgehead atoms. The summed E-state index contributed by atoms with van der Waals surface area (Å²) in [5.41, 5.74) is -9.27.